The van der Waals surface area contributed by atoms with Crippen LogP contribution in [0.3, 0.4) is 0 Å². The van der Waals surface area contributed by atoms with Crippen molar-refractivity contribution in [2.75, 3.05) is 13.2 Å². The second-order valence-electron chi connectivity index (χ2n) is 7.22. The Balaban J connectivity index is 0. The fourth-order valence-electron chi connectivity index (χ4n) is 2.40. The molecule has 158 valence electrons. The third-order valence-electron chi connectivity index (χ3n) is 4.26. The number of hydrogen-bond acceptors (Lipinski definition) is 4. The van der Waals surface area contributed by atoms with Crippen LogP contribution in [0.25, 0.3) is 0 Å². The highest BCUT2D eigenvalue weighted by Crippen LogP contribution is 2.12. The van der Waals surface area contributed by atoms with E-state index in [9.17, 15) is 9.59 Å². The Hall–Kier alpha value is -1.58. The Kier molecular flexibility index (Phi) is 21.2. The first-order valence-electron chi connectivity index (χ1n) is 10.5. The summed E-state index contributed by atoms with van der Waals surface area (Å²) in [7, 11) is 0. The van der Waals surface area contributed by atoms with E-state index in [-0.39, 0.29) is 11.9 Å². The normalized spacial score (nSPS) is 11.1. The van der Waals surface area contributed by atoms with Crippen LogP contribution in [0, 0.1) is 11.8 Å². The van der Waals surface area contributed by atoms with E-state index >= 15 is 0 Å². The van der Waals surface area contributed by atoms with E-state index in [1.807, 2.05) is 0 Å². The van der Waals surface area contributed by atoms with Gasteiger partial charge in [0.1, 0.15) is 0 Å². The number of carbonyl (C=O) groups is 2. The molecule has 4 nitrogen and oxygen atoms in total. The van der Waals surface area contributed by atoms with Crippen molar-refractivity contribution < 1.29 is 19.1 Å². The Labute approximate surface area is 167 Å². The predicted octanol–water partition coefficient (Wildman–Crippen LogP) is 6.25. The maximum absolute atomic E-state index is 10.8. The minimum absolute atomic E-state index is 0.310. The van der Waals surface area contributed by atoms with Crippen LogP contribution < -0.4 is 0 Å². The van der Waals surface area contributed by atoms with Crippen molar-refractivity contribution >= 4 is 11.9 Å². The molecule has 0 aromatic heterocycles. The fourth-order valence-corrected chi connectivity index (χ4v) is 2.40. The molecule has 0 aromatic carbocycles. The number of rotatable bonds is 15. The standard InChI is InChI=1S/C12H22O2.C11H20O2/c1-4-12(13)14-10-8-6-5-7-9-11(2)3;1-4-7-8-10(5-2)9-13-11(12)6-3/h4,11H,1,5-10H2,2-3H3;6,10H,3-5,7-9H2,1-2H3. The maximum atomic E-state index is 10.8. The molecule has 4 heteroatoms. The van der Waals surface area contributed by atoms with Crippen molar-refractivity contribution in [1.29, 1.82) is 0 Å². The lowest BCUT2D eigenvalue weighted by atomic mass is 10.0. The zero-order valence-corrected chi connectivity index (χ0v) is 18.1. The maximum Gasteiger partial charge on any atom is 0.330 e. The molecule has 0 saturated carbocycles. The molecule has 0 heterocycles. The molecule has 0 radical (unpaired) electrons. The van der Waals surface area contributed by atoms with Gasteiger partial charge < -0.3 is 9.47 Å². The third kappa shape index (κ3) is 22.4. The molecule has 0 amide bonds. The first-order valence-corrected chi connectivity index (χ1v) is 10.5. The highest BCUT2D eigenvalue weighted by Gasteiger charge is 2.07. The topological polar surface area (TPSA) is 52.6 Å². The summed E-state index contributed by atoms with van der Waals surface area (Å²) in [5, 5.41) is 0. The van der Waals surface area contributed by atoms with Gasteiger partial charge in [0.2, 0.25) is 0 Å². The van der Waals surface area contributed by atoms with E-state index in [1.54, 1.807) is 0 Å². The first-order chi connectivity index (χ1) is 12.9. The molecule has 0 aliphatic carbocycles. The summed E-state index contributed by atoms with van der Waals surface area (Å²) in [5.41, 5.74) is 0. The zero-order valence-electron chi connectivity index (χ0n) is 18.1. The number of unbranched alkanes of at least 4 members (excludes halogenated alkanes) is 4. The van der Waals surface area contributed by atoms with Gasteiger partial charge in [0.25, 0.3) is 0 Å². The average molecular weight is 383 g/mol. The summed E-state index contributed by atoms with van der Waals surface area (Å²) in [6.45, 7) is 16.5. The van der Waals surface area contributed by atoms with Crippen molar-refractivity contribution in [2.45, 2.75) is 85.5 Å². The lowest BCUT2D eigenvalue weighted by molar-refractivity contribution is -0.139. The van der Waals surface area contributed by atoms with Crippen molar-refractivity contribution in [2.24, 2.45) is 11.8 Å². The van der Waals surface area contributed by atoms with Gasteiger partial charge in [-0.2, -0.15) is 0 Å². The van der Waals surface area contributed by atoms with Gasteiger partial charge in [-0.05, 0) is 24.7 Å². The van der Waals surface area contributed by atoms with Gasteiger partial charge in [0.05, 0.1) is 13.2 Å². The largest absolute Gasteiger partial charge is 0.463 e. The van der Waals surface area contributed by atoms with E-state index < -0.39 is 0 Å². The van der Waals surface area contributed by atoms with Gasteiger partial charge in [-0.3, -0.25) is 0 Å². The molecule has 0 rings (SSSR count). The van der Waals surface area contributed by atoms with Crippen molar-refractivity contribution in [3.63, 3.8) is 0 Å². The Bertz CT molecular complexity index is 388. The van der Waals surface area contributed by atoms with Gasteiger partial charge in [-0.15, -0.1) is 0 Å². The number of ether oxygens (including phenoxy) is 2. The molecule has 0 spiro atoms. The summed E-state index contributed by atoms with van der Waals surface area (Å²) in [6, 6.07) is 0. The Morgan fingerprint density at radius 2 is 1.44 bits per heavy atom. The molecule has 0 aliphatic heterocycles. The summed E-state index contributed by atoms with van der Waals surface area (Å²) in [5.74, 6) is 0.694. The highest BCUT2D eigenvalue weighted by atomic mass is 16.5. The van der Waals surface area contributed by atoms with Crippen LogP contribution in [0.5, 0.6) is 0 Å². The minimum atomic E-state index is -0.313. The second kappa shape index (κ2) is 20.7. The molecule has 0 aliphatic rings. The molecule has 1 unspecified atom stereocenters. The lowest BCUT2D eigenvalue weighted by Gasteiger charge is -2.13. The Morgan fingerprint density at radius 1 is 0.852 bits per heavy atom. The van der Waals surface area contributed by atoms with Crippen molar-refractivity contribution in [3.05, 3.63) is 25.3 Å². The first kappa shape index (κ1) is 27.6. The van der Waals surface area contributed by atoms with Gasteiger partial charge in [-0.25, -0.2) is 9.59 Å². The molecular formula is C23H42O4. The quantitative estimate of drug-likeness (QED) is 0.191. The third-order valence-corrected chi connectivity index (χ3v) is 4.26. The van der Waals surface area contributed by atoms with Crippen LogP contribution in [0.2, 0.25) is 0 Å². The molecule has 0 N–H and O–H groups in total. The van der Waals surface area contributed by atoms with E-state index in [1.165, 1.54) is 44.3 Å². The van der Waals surface area contributed by atoms with Crippen LogP contribution in [-0.4, -0.2) is 25.2 Å². The van der Waals surface area contributed by atoms with E-state index in [4.69, 9.17) is 9.47 Å². The predicted molar refractivity (Wildman–Crippen MR) is 114 cm³/mol. The monoisotopic (exact) mass is 382 g/mol. The number of carbonyl (C=O) groups excluding carboxylic acids is 2. The Morgan fingerprint density at radius 3 is 1.96 bits per heavy atom. The van der Waals surface area contributed by atoms with Crippen LogP contribution >= 0.6 is 0 Å². The lowest BCUT2D eigenvalue weighted by Crippen LogP contribution is -2.12. The van der Waals surface area contributed by atoms with E-state index in [0.717, 1.165) is 31.6 Å². The number of esters is 2. The SMILES string of the molecule is C=CC(=O)OCC(CC)CCCC.C=CC(=O)OCCCCCCC(C)C. The van der Waals surface area contributed by atoms with Gasteiger partial charge in [0.15, 0.2) is 0 Å². The highest BCUT2D eigenvalue weighted by molar-refractivity contribution is 5.81. The summed E-state index contributed by atoms with van der Waals surface area (Å²) in [4.78, 5) is 21.4. The molecule has 0 aromatic rings. The zero-order chi connectivity index (χ0) is 20.9. The molecule has 0 fully saturated rings. The van der Waals surface area contributed by atoms with Gasteiger partial charge in [0, 0.05) is 12.2 Å². The second-order valence-corrected chi connectivity index (χ2v) is 7.22. The van der Waals surface area contributed by atoms with Crippen LogP contribution in [0.1, 0.15) is 85.5 Å². The van der Waals surface area contributed by atoms with Gasteiger partial charge in [-0.1, -0.05) is 85.8 Å². The van der Waals surface area contributed by atoms with Gasteiger partial charge >= 0.3 is 11.9 Å². The molecular weight excluding hydrogens is 340 g/mol. The smallest absolute Gasteiger partial charge is 0.330 e. The molecule has 1 atom stereocenters. The van der Waals surface area contributed by atoms with Crippen molar-refractivity contribution in [1.82, 2.24) is 0 Å². The average Bonchev–Trinajstić information content (AvgIpc) is 2.67. The summed E-state index contributed by atoms with van der Waals surface area (Å²) in [6.07, 6.45) is 13.0. The van der Waals surface area contributed by atoms with E-state index in [2.05, 4.69) is 40.9 Å². The summed E-state index contributed by atoms with van der Waals surface area (Å²) < 4.78 is 9.85. The summed E-state index contributed by atoms with van der Waals surface area (Å²) >= 11 is 0. The fraction of sp³-hybridized carbons (Fsp3) is 0.739. The van der Waals surface area contributed by atoms with Crippen LogP contribution in [-0.2, 0) is 19.1 Å². The minimum Gasteiger partial charge on any atom is -0.463 e. The molecule has 27 heavy (non-hydrogen) atoms. The molecule has 0 bridgehead atoms. The van der Waals surface area contributed by atoms with Crippen LogP contribution in [0.4, 0.5) is 0 Å². The van der Waals surface area contributed by atoms with Crippen molar-refractivity contribution in [3.8, 4) is 0 Å². The number of hydrogen-bond donors (Lipinski definition) is 0. The molecule has 0 saturated heterocycles. The van der Waals surface area contributed by atoms with E-state index in [0.29, 0.717) is 19.1 Å². The van der Waals surface area contributed by atoms with Crippen LogP contribution in [0.15, 0.2) is 25.3 Å².